The van der Waals surface area contributed by atoms with Crippen molar-refractivity contribution in [1.29, 1.82) is 0 Å². The van der Waals surface area contributed by atoms with Crippen LogP contribution in [0.15, 0.2) is 53.3 Å². The van der Waals surface area contributed by atoms with Crippen molar-refractivity contribution >= 4 is 22.8 Å². The van der Waals surface area contributed by atoms with Gasteiger partial charge in [-0.05, 0) is 55.9 Å². The number of nitrogens with zero attached hydrogens (tertiary/aromatic N) is 4. The molecule has 2 aliphatic rings. The molecule has 1 atom stereocenters. The molecule has 7 heteroatoms. The smallest absolute Gasteiger partial charge is 0.293 e. The van der Waals surface area contributed by atoms with E-state index in [1.807, 2.05) is 36.1 Å². The average Bonchev–Trinajstić information content (AvgIpc) is 2.90. The maximum atomic E-state index is 13.2. The molecular formula is C28H35N5O2. The Hall–Kier alpha value is -3.19. The first-order chi connectivity index (χ1) is 17.1. The van der Waals surface area contributed by atoms with Crippen LogP contribution in [0.3, 0.4) is 0 Å². The van der Waals surface area contributed by atoms with Crippen LogP contribution in [0.25, 0.3) is 11.0 Å². The summed E-state index contributed by atoms with van der Waals surface area (Å²) >= 11 is 0. The van der Waals surface area contributed by atoms with Gasteiger partial charge < -0.3 is 14.8 Å². The highest BCUT2D eigenvalue weighted by Gasteiger charge is 2.28. The topological polar surface area (TPSA) is 70.5 Å². The van der Waals surface area contributed by atoms with Crippen molar-refractivity contribution < 1.29 is 4.79 Å². The quantitative estimate of drug-likeness (QED) is 0.534. The number of anilines is 1. The summed E-state index contributed by atoms with van der Waals surface area (Å²) in [5.74, 6) is 0.442. The van der Waals surface area contributed by atoms with Crippen molar-refractivity contribution in [3.05, 3.63) is 70.0 Å². The number of fused-ring (bicyclic) bond motifs is 2. The van der Waals surface area contributed by atoms with E-state index in [2.05, 4.69) is 34.5 Å². The van der Waals surface area contributed by atoms with Gasteiger partial charge in [-0.2, -0.15) is 0 Å². The van der Waals surface area contributed by atoms with E-state index >= 15 is 0 Å². The Balaban J connectivity index is 1.16. The lowest BCUT2D eigenvalue weighted by atomic mass is 9.97. The first kappa shape index (κ1) is 23.5. The van der Waals surface area contributed by atoms with E-state index in [1.54, 1.807) is 4.57 Å². The molecule has 1 amide bonds. The number of rotatable bonds is 7. The van der Waals surface area contributed by atoms with E-state index in [-0.39, 0.29) is 17.4 Å². The number of nitrogens with one attached hydrogen (secondary N) is 1. The van der Waals surface area contributed by atoms with Gasteiger partial charge in [0.1, 0.15) is 0 Å². The fourth-order valence-electron chi connectivity index (χ4n) is 5.49. The van der Waals surface area contributed by atoms with Crippen LogP contribution >= 0.6 is 0 Å². The Bertz CT molecular complexity index is 1250. The van der Waals surface area contributed by atoms with Gasteiger partial charge in [0.2, 0.25) is 5.91 Å². The molecule has 0 aliphatic carbocycles. The van der Waals surface area contributed by atoms with Gasteiger partial charge in [0, 0.05) is 45.8 Å². The number of carbonyl (C=O) groups excluding carboxylic acids is 1. The first-order valence-corrected chi connectivity index (χ1v) is 13.0. The van der Waals surface area contributed by atoms with E-state index in [4.69, 9.17) is 4.98 Å². The lowest BCUT2D eigenvalue weighted by Gasteiger charge is -2.33. The summed E-state index contributed by atoms with van der Waals surface area (Å²) in [5.41, 5.74) is 4.48. The second kappa shape index (κ2) is 10.6. The minimum absolute atomic E-state index is 0.0737. The predicted octanol–water partition coefficient (Wildman–Crippen LogP) is 3.20. The van der Waals surface area contributed by atoms with E-state index in [1.165, 1.54) is 11.1 Å². The maximum absolute atomic E-state index is 13.2. The first-order valence-electron chi connectivity index (χ1n) is 13.0. The Morgan fingerprint density at radius 1 is 1.09 bits per heavy atom. The highest BCUT2D eigenvalue weighted by Crippen LogP contribution is 2.22. The lowest BCUT2D eigenvalue weighted by molar-refractivity contribution is -0.125. The minimum Gasteiger partial charge on any atom is -0.356 e. The summed E-state index contributed by atoms with van der Waals surface area (Å²) in [6.07, 6.45) is 3.77. The minimum atomic E-state index is -0.117. The van der Waals surface area contributed by atoms with Crippen molar-refractivity contribution in [2.24, 2.45) is 5.92 Å². The molecule has 1 fully saturated rings. The van der Waals surface area contributed by atoms with Gasteiger partial charge in [0.25, 0.3) is 5.56 Å². The Morgan fingerprint density at radius 3 is 2.74 bits per heavy atom. The SMILES string of the molecule is CCn1c(=O)c(N2CCCC(C(=O)NCCCN3CCc4ccccc4C3)C2)nc2ccccc21. The predicted molar refractivity (Wildman–Crippen MR) is 140 cm³/mol. The van der Waals surface area contributed by atoms with Gasteiger partial charge >= 0.3 is 0 Å². The monoisotopic (exact) mass is 473 g/mol. The molecule has 7 nitrogen and oxygen atoms in total. The van der Waals surface area contributed by atoms with Gasteiger partial charge in [-0.25, -0.2) is 4.98 Å². The molecule has 1 aromatic heterocycles. The zero-order chi connectivity index (χ0) is 24.2. The van der Waals surface area contributed by atoms with E-state index < -0.39 is 0 Å². The highest BCUT2D eigenvalue weighted by atomic mass is 16.2. The third-order valence-corrected chi connectivity index (χ3v) is 7.40. The number of benzene rings is 2. The van der Waals surface area contributed by atoms with Crippen LogP contribution in [0.4, 0.5) is 5.82 Å². The summed E-state index contributed by atoms with van der Waals surface area (Å²) in [5, 5.41) is 3.15. The molecule has 0 spiro atoms. The fourth-order valence-corrected chi connectivity index (χ4v) is 5.49. The van der Waals surface area contributed by atoms with Crippen LogP contribution in [0.1, 0.15) is 37.3 Å². The van der Waals surface area contributed by atoms with Crippen LogP contribution in [0.5, 0.6) is 0 Å². The molecule has 2 aliphatic heterocycles. The zero-order valence-electron chi connectivity index (χ0n) is 20.6. The Kier molecular flexibility index (Phi) is 7.13. The number of amides is 1. The molecule has 184 valence electrons. The molecule has 35 heavy (non-hydrogen) atoms. The molecule has 0 bridgehead atoms. The van der Waals surface area contributed by atoms with Gasteiger partial charge in [0.05, 0.1) is 17.0 Å². The largest absolute Gasteiger partial charge is 0.356 e. The molecule has 1 saturated heterocycles. The van der Waals surface area contributed by atoms with Crippen molar-refractivity contribution in [2.45, 2.75) is 45.7 Å². The van der Waals surface area contributed by atoms with Crippen LogP contribution in [0.2, 0.25) is 0 Å². The molecule has 3 aromatic rings. The standard InChI is InChI=1S/C28H35N5O2/c1-2-33-25-13-6-5-12-24(25)30-26(28(33)35)32-17-7-11-23(20-32)27(34)29-15-8-16-31-18-14-21-9-3-4-10-22(21)19-31/h3-6,9-10,12-13,23H,2,7-8,11,14-20H2,1H3,(H,29,34). The summed E-state index contributed by atoms with van der Waals surface area (Å²) in [7, 11) is 0. The van der Waals surface area contributed by atoms with Crippen molar-refractivity contribution in [3.8, 4) is 0 Å². The number of aromatic nitrogens is 2. The van der Waals surface area contributed by atoms with Crippen LogP contribution in [-0.4, -0.2) is 53.1 Å². The lowest BCUT2D eigenvalue weighted by Crippen LogP contribution is -2.46. The van der Waals surface area contributed by atoms with E-state index in [0.29, 0.717) is 25.5 Å². The maximum Gasteiger partial charge on any atom is 0.293 e. The Morgan fingerprint density at radius 2 is 1.89 bits per heavy atom. The van der Waals surface area contributed by atoms with Crippen molar-refractivity contribution in [1.82, 2.24) is 19.8 Å². The van der Waals surface area contributed by atoms with E-state index in [0.717, 1.165) is 62.9 Å². The molecular weight excluding hydrogens is 438 g/mol. The molecule has 2 aromatic carbocycles. The number of hydrogen-bond donors (Lipinski definition) is 1. The Labute approximate surface area is 206 Å². The van der Waals surface area contributed by atoms with Gasteiger partial charge in [-0.15, -0.1) is 0 Å². The van der Waals surface area contributed by atoms with E-state index in [9.17, 15) is 9.59 Å². The van der Waals surface area contributed by atoms with Crippen molar-refractivity contribution in [2.75, 3.05) is 37.6 Å². The number of carbonyl (C=O) groups is 1. The number of aryl methyl sites for hydroxylation is 1. The molecule has 3 heterocycles. The third kappa shape index (κ3) is 5.10. The molecule has 1 N–H and O–H groups in total. The summed E-state index contributed by atoms with van der Waals surface area (Å²) in [6, 6.07) is 16.4. The van der Waals surface area contributed by atoms with Crippen LogP contribution in [0, 0.1) is 5.92 Å². The summed E-state index contributed by atoms with van der Waals surface area (Å²) < 4.78 is 1.78. The number of para-hydroxylation sites is 2. The van der Waals surface area contributed by atoms with Crippen molar-refractivity contribution in [3.63, 3.8) is 0 Å². The molecule has 1 unspecified atom stereocenters. The average molecular weight is 474 g/mol. The normalized spacial score (nSPS) is 18.4. The number of piperidine rings is 1. The fraction of sp³-hybridized carbons (Fsp3) is 0.464. The molecule has 5 rings (SSSR count). The summed E-state index contributed by atoms with van der Waals surface area (Å²) in [4.78, 5) is 35.3. The third-order valence-electron chi connectivity index (χ3n) is 7.40. The van der Waals surface area contributed by atoms with Gasteiger partial charge in [0.15, 0.2) is 5.82 Å². The second-order valence-corrected chi connectivity index (χ2v) is 9.70. The van der Waals surface area contributed by atoms with Crippen LogP contribution in [-0.2, 0) is 24.3 Å². The van der Waals surface area contributed by atoms with Gasteiger partial charge in [-0.3, -0.25) is 14.5 Å². The zero-order valence-corrected chi connectivity index (χ0v) is 20.6. The highest BCUT2D eigenvalue weighted by molar-refractivity contribution is 5.80. The number of hydrogen-bond acceptors (Lipinski definition) is 5. The van der Waals surface area contributed by atoms with Crippen LogP contribution < -0.4 is 15.8 Å². The van der Waals surface area contributed by atoms with Gasteiger partial charge in [-0.1, -0.05) is 36.4 Å². The molecule has 0 radical (unpaired) electrons. The second-order valence-electron chi connectivity index (χ2n) is 9.70. The summed E-state index contributed by atoms with van der Waals surface area (Å²) in [6.45, 7) is 7.62. The molecule has 0 saturated carbocycles.